The molecule has 0 aromatic heterocycles. The Morgan fingerprint density at radius 1 is 1.18 bits per heavy atom. The van der Waals surface area contributed by atoms with Gasteiger partial charge in [-0.25, -0.2) is 13.8 Å². The molecule has 2 aliphatic rings. The van der Waals surface area contributed by atoms with Gasteiger partial charge < -0.3 is 15.5 Å². The molecule has 1 saturated heterocycles. The molecule has 0 saturated carbocycles. The van der Waals surface area contributed by atoms with E-state index in [2.05, 4.69) is 22.7 Å². The number of nitrogens with one attached hydrogen (secondary N) is 3. The number of ether oxygens (including phenoxy) is 1. The fourth-order valence-corrected chi connectivity index (χ4v) is 5.21. The Kier molecular flexibility index (Phi) is 6.99. The molecule has 0 bridgehead atoms. The molecule has 0 unspecified atom stereocenters. The minimum absolute atomic E-state index is 0.114. The summed E-state index contributed by atoms with van der Waals surface area (Å²) in [5.41, 5.74) is 5.14. The molecule has 3 N–H and O–H groups in total. The molecule has 2 heterocycles. The molecule has 2 aromatic carbocycles. The van der Waals surface area contributed by atoms with E-state index in [1.165, 1.54) is 23.9 Å². The third kappa shape index (κ3) is 4.97. The van der Waals surface area contributed by atoms with E-state index in [0.717, 1.165) is 6.07 Å². The molecule has 4 rings (SSSR count). The van der Waals surface area contributed by atoms with E-state index in [0.29, 0.717) is 22.2 Å². The molecule has 2 aromatic rings. The molecule has 10 heteroatoms. The van der Waals surface area contributed by atoms with Crippen molar-refractivity contribution in [2.24, 2.45) is 10.9 Å². The van der Waals surface area contributed by atoms with Crippen LogP contribution in [0.5, 0.6) is 0 Å². The van der Waals surface area contributed by atoms with Gasteiger partial charge in [0.05, 0.1) is 6.61 Å². The number of benzene rings is 2. The van der Waals surface area contributed by atoms with Crippen molar-refractivity contribution in [1.82, 2.24) is 16.2 Å². The molecule has 1 fully saturated rings. The van der Waals surface area contributed by atoms with Crippen LogP contribution in [0, 0.1) is 17.6 Å². The zero-order valence-corrected chi connectivity index (χ0v) is 19.3. The number of carbonyl (C=O) groups is 2. The number of nitrogens with zero attached hydrogens (tertiary/aromatic N) is 1. The van der Waals surface area contributed by atoms with Crippen LogP contribution in [0.25, 0.3) is 0 Å². The smallest absolute Gasteiger partial charge is 0.267 e. The summed E-state index contributed by atoms with van der Waals surface area (Å²) in [5.74, 6) is -2.05. The number of halogens is 2. The molecule has 0 radical (unpaired) electrons. The van der Waals surface area contributed by atoms with Crippen molar-refractivity contribution in [2.45, 2.75) is 25.0 Å². The Hall–Kier alpha value is -3.24. The molecule has 3 atom stereocenters. The first-order chi connectivity index (χ1) is 16.3. The lowest BCUT2D eigenvalue weighted by Crippen LogP contribution is -2.55. The van der Waals surface area contributed by atoms with Crippen LogP contribution in [0.4, 0.5) is 8.78 Å². The maximum absolute atomic E-state index is 15.0. The summed E-state index contributed by atoms with van der Waals surface area (Å²) in [7, 11) is 0. The van der Waals surface area contributed by atoms with Crippen LogP contribution in [0.15, 0.2) is 65.8 Å². The number of carbonyl (C=O) groups excluding carboxylic acids is 2. The maximum atomic E-state index is 15.0. The molecule has 2 amide bonds. The fraction of sp³-hybridized carbons (Fsp3) is 0.292. The van der Waals surface area contributed by atoms with Gasteiger partial charge in [-0.05, 0) is 31.5 Å². The van der Waals surface area contributed by atoms with Gasteiger partial charge in [-0.15, -0.1) is 0 Å². The minimum Gasteiger partial charge on any atom is -0.365 e. The minimum atomic E-state index is -1.22. The zero-order chi connectivity index (χ0) is 24.3. The molecule has 7 nitrogen and oxygen atoms in total. The van der Waals surface area contributed by atoms with E-state index >= 15 is 0 Å². The second-order valence-electron chi connectivity index (χ2n) is 8.22. The molecular weight excluding hydrogens is 462 g/mol. The molecule has 0 spiro atoms. The Labute approximate surface area is 200 Å². The summed E-state index contributed by atoms with van der Waals surface area (Å²) in [6.45, 7) is 5.25. The van der Waals surface area contributed by atoms with E-state index in [4.69, 9.17) is 9.73 Å². The van der Waals surface area contributed by atoms with Gasteiger partial charge in [0.15, 0.2) is 5.17 Å². The van der Waals surface area contributed by atoms with Gasteiger partial charge in [0, 0.05) is 34.6 Å². The highest BCUT2D eigenvalue weighted by atomic mass is 32.2. The van der Waals surface area contributed by atoms with E-state index in [1.807, 2.05) is 0 Å². The van der Waals surface area contributed by atoms with Gasteiger partial charge >= 0.3 is 0 Å². The number of amides is 2. The standard InChI is InChI=1S/C24H24F2N4O3S/c1-14(2)29-30-22(32)20-10-16-12-34-23(27-21(31)15-6-4-3-5-7-15)28-24(16,13-33-20)18-9-8-17(25)11-19(18)26/h3-9,11,16,20,29H,1,10,12-13H2,2H3,(H,30,32)(H,27,28,31)/t16-,20+,24-/m0/s1. The second-order valence-corrected chi connectivity index (χ2v) is 9.23. The summed E-state index contributed by atoms with van der Waals surface area (Å²) in [4.78, 5) is 29.9. The normalized spacial score (nSPS) is 23.8. The monoisotopic (exact) mass is 486 g/mol. The lowest BCUT2D eigenvalue weighted by atomic mass is 9.75. The van der Waals surface area contributed by atoms with Crippen molar-refractivity contribution < 1.29 is 23.1 Å². The SMILES string of the molecule is C=C(C)NNC(=O)[C@H]1C[C@H]2CSC(NC(=O)c3ccccc3)=N[C@@]2(c2ccc(F)cc2F)CO1. The predicted molar refractivity (Wildman–Crippen MR) is 126 cm³/mol. The van der Waals surface area contributed by atoms with E-state index in [1.54, 1.807) is 37.3 Å². The Balaban J connectivity index is 1.64. The van der Waals surface area contributed by atoms with Crippen molar-refractivity contribution in [3.05, 3.63) is 83.6 Å². The van der Waals surface area contributed by atoms with Crippen molar-refractivity contribution in [1.29, 1.82) is 0 Å². The summed E-state index contributed by atoms with van der Waals surface area (Å²) in [6.07, 6.45) is -0.526. The molecular formula is C24H24F2N4O3S. The van der Waals surface area contributed by atoms with Crippen LogP contribution in [-0.4, -0.2) is 35.4 Å². The topological polar surface area (TPSA) is 91.8 Å². The highest BCUT2D eigenvalue weighted by Crippen LogP contribution is 2.47. The number of aliphatic imine (C=N–C) groups is 1. The number of rotatable bonds is 5. The lowest BCUT2D eigenvalue weighted by Gasteiger charge is -2.46. The van der Waals surface area contributed by atoms with Gasteiger partial charge in [0.1, 0.15) is 23.3 Å². The first-order valence-electron chi connectivity index (χ1n) is 10.7. The van der Waals surface area contributed by atoms with E-state index in [9.17, 15) is 18.4 Å². The van der Waals surface area contributed by atoms with Crippen LogP contribution in [-0.2, 0) is 15.1 Å². The molecule has 178 valence electrons. The Bertz CT molecular complexity index is 1140. The first-order valence-corrected chi connectivity index (χ1v) is 11.6. The zero-order valence-electron chi connectivity index (χ0n) is 18.4. The van der Waals surface area contributed by atoms with E-state index < -0.39 is 23.3 Å². The average molecular weight is 487 g/mol. The number of allylic oxidation sites excluding steroid dienone is 1. The molecule has 34 heavy (non-hydrogen) atoms. The number of thioether (sulfide) groups is 1. The van der Waals surface area contributed by atoms with Gasteiger partial charge in [0.2, 0.25) is 0 Å². The lowest BCUT2D eigenvalue weighted by molar-refractivity contribution is -0.142. The fourth-order valence-electron chi connectivity index (χ4n) is 4.04. The maximum Gasteiger partial charge on any atom is 0.267 e. The third-order valence-corrected chi connectivity index (χ3v) is 6.78. The van der Waals surface area contributed by atoms with Crippen LogP contribution >= 0.6 is 11.8 Å². The highest BCUT2D eigenvalue weighted by molar-refractivity contribution is 8.13. The molecule has 0 aliphatic carbocycles. The predicted octanol–water partition coefficient (Wildman–Crippen LogP) is 3.25. The highest BCUT2D eigenvalue weighted by Gasteiger charge is 2.51. The number of hydrogen-bond acceptors (Lipinski definition) is 6. The van der Waals surface area contributed by atoms with Gasteiger partial charge in [-0.2, -0.15) is 0 Å². The van der Waals surface area contributed by atoms with Crippen LogP contribution in [0.1, 0.15) is 29.3 Å². The third-order valence-electron chi connectivity index (χ3n) is 5.75. The average Bonchev–Trinajstić information content (AvgIpc) is 2.82. The molecule has 2 aliphatic heterocycles. The first kappa shape index (κ1) is 23.9. The number of hydrazine groups is 1. The van der Waals surface area contributed by atoms with Gasteiger partial charge in [-0.1, -0.05) is 42.6 Å². The van der Waals surface area contributed by atoms with Gasteiger partial charge in [-0.3, -0.25) is 15.0 Å². The van der Waals surface area contributed by atoms with Crippen LogP contribution in [0.2, 0.25) is 0 Å². The number of amidine groups is 1. The van der Waals surface area contributed by atoms with Crippen LogP contribution in [0.3, 0.4) is 0 Å². The largest absolute Gasteiger partial charge is 0.365 e. The summed E-state index contributed by atoms with van der Waals surface area (Å²) in [5, 5.41) is 3.09. The van der Waals surface area contributed by atoms with Crippen LogP contribution < -0.4 is 16.2 Å². The summed E-state index contributed by atoms with van der Waals surface area (Å²) >= 11 is 1.31. The quantitative estimate of drug-likeness (QED) is 0.565. The van der Waals surface area contributed by atoms with E-state index in [-0.39, 0.29) is 36.3 Å². The Morgan fingerprint density at radius 2 is 1.94 bits per heavy atom. The number of hydrogen-bond donors (Lipinski definition) is 3. The second kappa shape index (κ2) is 9.94. The van der Waals surface area contributed by atoms with Crippen molar-refractivity contribution in [3.8, 4) is 0 Å². The Morgan fingerprint density at radius 3 is 2.65 bits per heavy atom. The summed E-state index contributed by atoms with van der Waals surface area (Å²) < 4.78 is 34.5. The van der Waals surface area contributed by atoms with Gasteiger partial charge in [0.25, 0.3) is 11.8 Å². The summed E-state index contributed by atoms with van der Waals surface area (Å²) in [6, 6.07) is 12.0. The number of fused-ring (bicyclic) bond motifs is 1. The van der Waals surface area contributed by atoms with Crippen molar-refractivity contribution in [2.75, 3.05) is 12.4 Å². The van der Waals surface area contributed by atoms with Crippen molar-refractivity contribution in [3.63, 3.8) is 0 Å². The van der Waals surface area contributed by atoms with Crippen molar-refractivity contribution >= 4 is 28.7 Å².